The zero-order valence-corrected chi connectivity index (χ0v) is 9.38. The highest BCUT2D eigenvalue weighted by molar-refractivity contribution is 5.49. The first-order valence-corrected chi connectivity index (χ1v) is 5.62. The molecule has 0 radical (unpaired) electrons. The van der Waals surface area contributed by atoms with E-state index in [0.717, 1.165) is 12.7 Å². The van der Waals surface area contributed by atoms with Gasteiger partial charge in [0.1, 0.15) is 6.29 Å². The van der Waals surface area contributed by atoms with Crippen LogP contribution in [0.1, 0.15) is 46.5 Å². The standard InChI is InChI=1S/C12H20O2/c1-11(2)7-6-10-12(3,14-10)9(11)5-4-8-13/h8-10H,4-7H2,1-3H3/t9?,10-,12+/m0/s1. The minimum atomic E-state index is 0.0881. The summed E-state index contributed by atoms with van der Waals surface area (Å²) < 4.78 is 5.79. The topological polar surface area (TPSA) is 29.6 Å². The van der Waals surface area contributed by atoms with Gasteiger partial charge in [-0.15, -0.1) is 0 Å². The van der Waals surface area contributed by atoms with E-state index in [1.165, 1.54) is 12.8 Å². The predicted octanol–water partition coefficient (Wildman–Crippen LogP) is 2.56. The summed E-state index contributed by atoms with van der Waals surface area (Å²) in [6, 6.07) is 0. The van der Waals surface area contributed by atoms with E-state index in [4.69, 9.17) is 4.74 Å². The van der Waals surface area contributed by atoms with Crippen LogP contribution in [0.3, 0.4) is 0 Å². The molecule has 2 nitrogen and oxygen atoms in total. The highest BCUT2D eigenvalue weighted by Crippen LogP contribution is 2.59. The summed E-state index contributed by atoms with van der Waals surface area (Å²) in [4.78, 5) is 10.4. The SMILES string of the molecule is CC1(C)CC[C@@H]2O[C@]2(C)C1CCC=O. The summed E-state index contributed by atoms with van der Waals surface area (Å²) in [5.41, 5.74) is 0.426. The third-order valence-electron chi connectivity index (χ3n) is 4.24. The molecule has 2 heteroatoms. The van der Waals surface area contributed by atoms with Gasteiger partial charge in [-0.1, -0.05) is 13.8 Å². The number of ether oxygens (including phenoxy) is 1. The number of carbonyl (C=O) groups is 1. The number of hydrogen-bond acceptors (Lipinski definition) is 2. The van der Waals surface area contributed by atoms with Crippen molar-refractivity contribution in [3.05, 3.63) is 0 Å². The van der Waals surface area contributed by atoms with Gasteiger partial charge in [0.2, 0.25) is 0 Å². The zero-order valence-electron chi connectivity index (χ0n) is 9.38. The number of aldehydes is 1. The molecular formula is C12H20O2. The molecule has 2 rings (SSSR count). The molecule has 1 heterocycles. The molecule has 0 N–H and O–H groups in total. The molecule has 2 aliphatic rings. The maximum Gasteiger partial charge on any atom is 0.120 e. The fourth-order valence-corrected chi connectivity index (χ4v) is 3.29. The van der Waals surface area contributed by atoms with Gasteiger partial charge < -0.3 is 9.53 Å². The molecule has 1 aliphatic heterocycles. The van der Waals surface area contributed by atoms with Crippen molar-refractivity contribution in [1.82, 2.24) is 0 Å². The first-order chi connectivity index (χ1) is 6.50. The van der Waals surface area contributed by atoms with E-state index in [2.05, 4.69) is 20.8 Å². The predicted molar refractivity (Wildman–Crippen MR) is 55.1 cm³/mol. The number of rotatable bonds is 3. The molecule has 0 bridgehead atoms. The molecule has 0 aromatic carbocycles. The van der Waals surface area contributed by atoms with Gasteiger partial charge in [0.05, 0.1) is 11.7 Å². The van der Waals surface area contributed by atoms with E-state index in [-0.39, 0.29) is 5.60 Å². The van der Waals surface area contributed by atoms with Crippen LogP contribution in [-0.2, 0) is 9.53 Å². The summed E-state index contributed by atoms with van der Waals surface area (Å²) in [6.45, 7) is 6.84. The minimum absolute atomic E-state index is 0.0881. The van der Waals surface area contributed by atoms with Crippen molar-refractivity contribution in [1.29, 1.82) is 0 Å². The van der Waals surface area contributed by atoms with E-state index >= 15 is 0 Å². The Hall–Kier alpha value is -0.370. The third-order valence-corrected chi connectivity index (χ3v) is 4.24. The molecule has 0 amide bonds. The molecule has 0 spiro atoms. The van der Waals surface area contributed by atoms with E-state index in [1.807, 2.05) is 0 Å². The Morgan fingerprint density at radius 1 is 1.43 bits per heavy atom. The van der Waals surface area contributed by atoms with Crippen molar-refractivity contribution >= 4 is 6.29 Å². The molecule has 1 saturated heterocycles. The lowest BCUT2D eigenvalue weighted by atomic mass is 9.62. The third kappa shape index (κ3) is 1.40. The number of fused-ring (bicyclic) bond motifs is 1. The average Bonchev–Trinajstić information content (AvgIpc) is 2.75. The summed E-state index contributed by atoms with van der Waals surface area (Å²) in [5, 5.41) is 0. The van der Waals surface area contributed by atoms with Gasteiger partial charge >= 0.3 is 0 Å². The fourth-order valence-electron chi connectivity index (χ4n) is 3.29. The Labute approximate surface area is 86.0 Å². The van der Waals surface area contributed by atoms with Crippen molar-refractivity contribution in [2.45, 2.75) is 58.2 Å². The second-order valence-electron chi connectivity index (χ2n) is 5.61. The molecule has 2 fully saturated rings. The van der Waals surface area contributed by atoms with Gasteiger partial charge in [-0.3, -0.25) is 0 Å². The van der Waals surface area contributed by atoms with Crippen LogP contribution in [0, 0.1) is 11.3 Å². The zero-order chi connectivity index (χ0) is 10.4. The van der Waals surface area contributed by atoms with E-state index in [1.54, 1.807) is 0 Å². The van der Waals surface area contributed by atoms with Crippen LogP contribution in [0.4, 0.5) is 0 Å². The van der Waals surface area contributed by atoms with E-state index in [9.17, 15) is 4.79 Å². The molecule has 1 saturated carbocycles. The number of epoxide rings is 1. The van der Waals surface area contributed by atoms with Crippen molar-refractivity contribution in [2.24, 2.45) is 11.3 Å². The summed E-state index contributed by atoms with van der Waals surface area (Å²) in [7, 11) is 0. The smallest absolute Gasteiger partial charge is 0.120 e. The second-order valence-corrected chi connectivity index (χ2v) is 5.61. The van der Waals surface area contributed by atoms with Crippen LogP contribution in [-0.4, -0.2) is 18.0 Å². The van der Waals surface area contributed by atoms with Crippen molar-refractivity contribution < 1.29 is 9.53 Å². The molecule has 0 aromatic heterocycles. The van der Waals surface area contributed by atoms with Gasteiger partial charge in [0.15, 0.2) is 0 Å². The normalized spacial score (nSPS) is 44.2. The Morgan fingerprint density at radius 3 is 2.79 bits per heavy atom. The van der Waals surface area contributed by atoms with Crippen LogP contribution in [0.15, 0.2) is 0 Å². The lowest BCUT2D eigenvalue weighted by Crippen LogP contribution is -2.40. The number of hydrogen-bond donors (Lipinski definition) is 0. The first kappa shape index (κ1) is 10.2. The highest BCUT2D eigenvalue weighted by Gasteiger charge is 2.63. The van der Waals surface area contributed by atoms with Crippen LogP contribution in [0.2, 0.25) is 0 Å². The lowest BCUT2D eigenvalue weighted by molar-refractivity contribution is -0.108. The highest BCUT2D eigenvalue weighted by atomic mass is 16.6. The van der Waals surface area contributed by atoms with Gasteiger partial charge in [-0.25, -0.2) is 0 Å². The van der Waals surface area contributed by atoms with E-state index in [0.29, 0.717) is 23.9 Å². The Balaban J connectivity index is 2.10. The lowest BCUT2D eigenvalue weighted by Gasteiger charge is -2.40. The first-order valence-electron chi connectivity index (χ1n) is 5.62. The maximum atomic E-state index is 10.4. The Kier molecular flexibility index (Phi) is 2.22. The molecule has 1 unspecified atom stereocenters. The molecular weight excluding hydrogens is 176 g/mol. The second kappa shape index (κ2) is 3.06. The maximum absolute atomic E-state index is 10.4. The summed E-state index contributed by atoms with van der Waals surface area (Å²) in [6.07, 6.45) is 5.61. The van der Waals surface area contributed by atoms with Crippen LogP contribution < -0.4 is 0 Å². The molecule has 0 aromatic rings. The Morgan fingerprint density at radius 2 is 2.14 bits per heavy atom. The molecule has 3 atom stereocenters. The fraction of sp³-hybridized carbons (Fsp3) is 0.917. The Bertz CT molecular complexity index is 242. The van der Waals surface area contributed by atoms with Gasteiger partial charge in [0.25, 0.3) is 0 Å². The van der Waals surface area contributed by atoms with Crippen LogP contribution >= 0.6 is 0 Å². The summed E-state index contributed by atoms with van der Waals surface area (Å²) >= 11 is 0. The average molecular weight is 196 g/mol. The largest absolute Gasteiger partial charge is 0.366 e. The minimum Gasteiger partial charge on any atom is -0.366 e. The molecule has 80 valence electrons. The van der Waals surface area contributed by atoms with Crippen LogP contribution in [0.5, 0.6) is 0 Å². The summed E-state index contributed by atoms with van der Waals surface area (Å²) in [5.74, 6) is 0.555. The monoisotopic (exact) mass is 196 g/mol. The van der Waals surface area contributed by atoms with Crippen molar-refractivity contribution in [3.63, 3.8) is 0 Å². The van der Waals surface area contributed by atoms with Crippen molar-refractivity contribution in [3.8, 4) is 0 Å². The number of carbonyl (C=O) groups excluding carboxylic acids is 1. The van der Waals surface area contributed by atoms with Gasteiger partial charge in [0, 0.05) is 6.42 Å². The van der Waals surface area contributed by atoms with Gasteiger partial charge in [-0.2, -0.15) is 0 Å². The molecule has 1 aliphatic carbocycles. The van der Waals surface area contributed by atoms with Crippen molar-refractivity contribution in [2.75, 3.05) is 0 Å². The molecule has 14 heavy (non-hydrogen) atoms. The van der Waals surface area contributed by atoms with Crippen LogP contribution in [0.25, 0.3) is 0 Å². The van der Waals surface area contributed by atoms with Gasteiger partial charge in [-0.05, 0) is 37.5 Å². The van der Waals surface area contributed by atoms with E-state index < -0.39 is 0 Å². The quantitative estimate of drug-likeness (QED) is 0.513.